The van der Waals surface area contributed by atoms with E-state index in [1.807, 2.05) is 0 Å². The van der Waals surface area contributed by atoms with Gasteiger partial charge >= 0.3 is 0 Å². The second-order valence-electron chi connectivity index (χ2n) is 2.15. The minimum Gasteiger partial charge on any atom is -0.398 e. The summed E-state index contributed by atoms with van der Waals surface area (Å²) in [5.74, 6) is -0.451. The van der Waals surface area contributed by atoms with Crippen LogP contribution in [0.3, 0.4) is 0 Å². The van der Waals surface area contributed by atoms with Crippen LogP contribution in [0.15, 0.2) is 29.3 Å². The number of hydrogen-bond acceptors (Lipinski definition) is 2. The highest BCUT2D eigenvalue weighted by Crippen LogP contribution is 2.13. The monoisotopic (exact) mass is 140 g/mol. The molecule has 3 heteroatoms. The van der Waals surface area contributed by atoms with Gasteiger partial charge in [-0.05, 0) is 18.9 Å². The normalized spacial score (nSPS) is 17.7. The van der Waals surface area contributed by atoms with Crippen LogP contribution in [0.2, 0.25) is 0 Å². The molecule has 0 bridgehead atoms. The smallest absolute Gasteiger partial charge is 0.209 e. The third-order valence-corrected chi connectivity index (χ3v) is 1.31. The third kappa shape index (κ3) is 1.43. The molecule has 10 heavy (non-hydrogen) atoms. The van der Waals surface area contributed by atoms with Gasteiger partial charge in [0.05, 0.1) is 5.71 Å². The molecule has 0 aromatic heterocycles. The van der Waals surface area contributed by atoms with Crippen molar-refractivity contribution < 1.29 is 4.39 Å². The molecular formula is C7H9FN2. The van der Waals surface area contributed by atoms with Gasteiger partial charge in [-0.3, -0.25) is 0 Å². The maximum atomic E-state index is 12.4. The lowest BCUT2D eigenvalue weighted by Crippen LogP contribution is -2.11. The number of nitrogens with two attached hydrogens (primary N) is 1. The molecule has 0 aromatic carbocycles. The van der Waals surface area contributed by atoms with E-state index < -0.39 is 5.95 Å². The molecule has 1 aliphatic rings. The first-order valence-corrected chi connectivity index (χ1v) is 3.08. The van der Waals surface area contributed by atoms with Crippen LogP contribution in [0, 0.1) is 0 Å². The summed E-state index contributed by atoms with van der Waals surface area (Å²) in [5, 5.41) is 0. The maximum absolute atomic E-state index is 12.4. The van der Waals surface area contributed by atoms with E-state index >= 15 is 0 Å². The van der Waals surface area contributed by atoms with E-state index in [1.165, 1.54) is 6.08 Å². The van der Waals surface area contributed by atoms with Crippen molar-refractivity contribution in [3.8, 4) is 0 Å². The van der Waals surface area contributed by atoms with Gasteiger partial charge in [-0.25, -0.2) is 4.99 Å². The molecule has 0 saturated carbocycles. The Morgan fingerprint density at radius 3 is 2.90 bits per heavy atom. The van der Waals surface area contributed by atoms with E-state index in [9.17, 15) is 4.39 Å². The largest absolute Gasteiger partial charge is 0.398 e. The molecule has 2 N–H and O–H groups in total. The zero-order chi connectivity index (χ0) is 7.56. The van der Waals surface area contributed by atoms with Crippen LogP contribution in [0.4, 0.5) is 4.39 Å². The minimum absolute atomic E-state index is 0.364. The van der Waals surface area contributed by atoms with E-state index in [2.05, 4.69) is 11.6 Å². The molecule has 54 valence electrons. The summed E-state index contributed by atoms with van der Waals surface area (Å²) in [4.78, 5) is 3.57. The Kier molecular flexibility index (Phi) is 1.85. The van der Waals surface area contributed by atoms with Crippen molar-refractivity contribution in [3.63, 3.8) is 0 Å². The van der Waals surface area contributed by atoms with Crippen molar-refractivity contribution in [1.29, 1.82) is 0 Å². The molecule has 0 radical (unpaired) electrons. The standard InChI is InChI=1S/C7H9FN2/c1-5(9)6-3-2-4-7(8)10-6/h4H,1-3,9H2. The van der Waals surface area contributed by atoms with E-state index in [0.717, 1.165) is 0 Å². The lowest BCUT2D eigenvalue weighted by Gasteiger charge is -2.06. The van der Waals surface area contributed by atoms with Gasteiger partial charge in [0.15, 0.2) is 0 Å². The van der Waals surface area contributed by atoms with Crippen LogP contribution < -0.4 is 5.73 Å². The van der Waals surface area contributed by atoms with E-state index in [0.29, 0.717) is 24.3 Å². The lowest BCUT2D eigenvalue weighted by molar-refractivity contribution is 0.614. The van der Waals surface area contributed by atoms with Crippen molar-refractivity contribution in [1.82, 2.24) is 0 Å². The van der Waals surface area contributed by atoms with Crippen LogP contribution in [0.25, 0.3) is 0 Å². The van der Waals surface area contributed by atoms with Crippen molar-refractivity contribution in [3.05, 3.63) is 24.3 Å². The second-order valence-corrected chi connectivity index (χ2v) is 2.15. The van der Waals surface area contributed by atoms with Crippen LogP contribution in [0.1, 0.15) is 12.8 Å². The Hall–Kier alpha value is -1.12. The van der Waals surface area contributed by atoms with Crippen LogP contribution >= 0.6 is 0 Å². The fraction of sp³-hybridized carbons (Fsp3) is 0.286. The topological polar surface area (TPSA) is 38.4 Å². The van der Waals surface area contributed by atoms with Gasteiger partial charge in [0, 0.05) is 5.70 Å². The van der Waals surface area contributed by atoms with Gasteiger partial charge < -0.3 is 5.73 Å². The van der Waals surface area contributed by atoms with E-state index in [-0.39, 0.29) is 0 Å². The SMILES string of the molecule is C=C(N)C1=NC(F)=CCC1. The first-order valence-electron chi connectivity index (χ1n) is 3.08. The zero-order valence-corrected chi connectivity index (χ0v) is 5.60. The fourth-order valence-corrected chi connectivity index (χ4v) is 0.791. The number of nitrogens with zero attached hydrogens (tertiary/aromatic N) is 1. The molecule has 0 unspecified atom stereocenters. The van der Waals surface area contributed by atoms with E-state index in [1.54, 1.807) is 0 Å². The molecule has 1 heterocycles. The Bertz CT molecular complexity index is 216. The summed E-state index contributed by atoms with van der Waals surface area (Å²) < 4.78 is 12.4. The van der Waals surface area contributed by atoms with Gasteiger partial charge in [0.1, 0.15) is 0 Å². The molecule has 0 atom stereocenters. The quantitative estimate of drug-likeness (QED) is 0.551. The Morgan fingerprint density at radius 2 is 2.50 bits per heavy atom. The van der Waals surface area contributed by atoms with Crippen molar-refractivity contribution in [2.75, 3.05) is 0 Å². The van der Waals surface area contributed by atoms with Crippen LogP contribution in [0.5, 0.6) is 0 Å². The summed E-state index contributed by atoms with van der Waals surface area (Å²) in [6, 6.07) is 0. The van der Waals surface area contributed by atoms with Crippen molar-refractivity contribution in [2.45, 2.75) is 12.8 Å². The highest BCUT2D eigenvalue weighted by atomic mass is 19.1. The predicted molar refractivity (Wildman–Crippen MR) is 39.2 cm³/mol. The summed E-state index contributed by atoms with van der Waals surface area (Å²) in [5.41, 5.74) is 6.24. The molecule has 0 amide bonds. The van der Waals surface area contributed by atoms with Gasteiger partial charge in [-0.1, -0.05) is 6.58 Å². The fourth-order valence-electron chi connectivity index (χ4n) is 0.791. The Labute approximate surface area is 58.9 Å². The number of allylic oxidation sites excluding steroid dienone is 2. The summed E-state index contributed by atoms with van der Waals surface area (Å²) in [6.45, 7) is 3.47. The predicted octanol–water partition coefficient (Wildman–Crippen LogP) is 1.50. The summed E-state index contributed by atoms with van der Waals surface area (Å²) >= 11 is 0. The number of hydrogen-bond donors (Lipinski definition) is 1. The second kappa shape index (κ2) is 2.64. The Balaban J connectivity index is 2.78. The minimum atomic E-state index is -0.451. The van der Waals surface area contributed by atoms with E-state index in [4.69, 9.17) is 5.73 Å². The van der Waals surface area contributed by atoms with Crippen molar-refractivity contribution >= 4 is 5.71 Å². The van der Waals surface area contributed by atoms with Crippen LogP contribution in [-0.4, -0.2) is 5.71 Å². The molecule has 2 nitrogen and oxygen atoms in total. The molecule has 1 rings (SSSR count). The van der Waals surface area contributed by atoms with Gasteiger partial charge in [-0.2, -0.15) is 4.39 Å². The molecule has 0 aliphatic carbocycles. The molecule has 1 aliphatic heterocycles. The van der Waals surface area contributed by atoms with Crippen molar-refractivity contribution in [2.24, 2.45) is 10.7 Å². The highest BCUT2D eigenvalue weighted by molar-refractivity contribution is 5.99. The number of aliphatic imine (C=N–C) groups is 1. The van der Waals surface area contributed by atoms with Crippen LogP contribution in [-0.2, 0) is 0 Å². The number of halogens is 1. The Morgan fingerprint density at radius 1 is 1.80 bits per heavy atom. The summed E-state index contributed by atoms with van der Waals surface area (Å²) in [7, 11) is 0. The average molecular weight is 140 g/mol. The van der Waals surface area contributed by atoms with Gasteiger partial charge in [0.25, 0.3) is 0 Å². The molecule has 0 aromatic rings. The average Bonchev–Trinajstić information content (AvgIpc) is 1.88. The maximum Gasteiger partial charge on any atom is 0.209 e. The molecule has 0 fully saturated rings. The zero-order valence-electron chi connectivity index (χ0n) is 5.60. The first kappa shape index (κ1) is 6.99. The third-order valence-electron chi connectivity index (χ3n) is 1.31. The summed E-state index contributed by atoms with van der Waals surface area (Å²) in [6.07, 6.45) is 2.80. The molecular weight excluding hydrogens is 131 g/mol. The van der Waals surface area contributed by atoms with Gasteiger partial charge in [-0.15, -0.1) is 0 Å². The highest BCUT2D eigenvalue weighted by Gasteiger charge is 2.06. The molecule has 0 spiro atoms. The lowest BCUT2D eigenvalue weighted by atomic mass is 10.1. The first-order chi connectivity index (χ1) is 4.70. The number of rotatable bonds is 1. The van der Waals surface area contributed by atoms with Gasteiger partial charge in [0.2, 0.25) is 5.95 Å². The molecule has 0 saturated heterocycles.